The average Bonchev–Trinajstić information content (AvgIpc) is 2.64. The van der Waals surface area contributed by atoms with Gasteiger partial charge in [-0.05, 0) is 49.3 Å². The maximum atomic E-state index is 9.73. The molecule has 0 bridgehead atoms. The Hall–Kier alpha value is -2.26. The second-order valence-corrected chi connectivity index (χ2v) is 5.84. The fraction of sp³-hybridized carbons (Fsp3) is 0.263. The van der Waals surface area contributed by atoms with Crippen molar-refractivity contribution in [3.63, 3.8) is 0 Å². The Labute approximate surface area is 131 Å². The van der Waals surface area contributed by atoms with Gasteiger partial charge in [-0.15, -0.1) is 0 Å². The summed E-state index contributed by atoms with van der Waals surface area (Å²) in [6, 6.07) is 13.7. The standard InChI is InChI=1S/C19H21NO2/c1-20(2)11-5-8-17-16-7-4-3-6-14(16)13-22-19-12-15(21)9-10-18(17)19/h3-4,6-10,12,21H,5,11,13H2,1-2H3. The Morgan fingerprint density at radius 3 is 2.77 bits per heavy atom. The Morgan fingerprint density at radius 2 is 1.95 bits per heavy atom. The lowest BCUT2D eigenvalue weighted by atomic mass is 9.93. The van der Waals surface area contributed by atoms with Crippen molar-refractivity contribution >= 4 is 5.57 Å². The van der Waals surface area contributed by atoms with Gasteiger partial charge in [0.1, 0.15) is 18.1 Å². The molecule has 3 heteroatoms. The molecule has 0 unspecified atom stereocenters. The predicted molar refractivity (Wildman–Crippen MR) is 89.1 cm³/mol. The smallest absolute Gasteiger partial charge is 0.131 e. The number of phenols is 1. The number of nitrogens with zero attached hydrogens (tertiary/aromatic N) is 1. The van der Waals surface area contributed by atoms with Gasteiger partial charge >= 0.3 is 0 Å². The second kappa shape index (κ2) is 6.24. The van der Waals surface area contributed by atoms with Crippen LogP contribution < -0.4 is 4.74 Å². The first-order valence-electron chi connectivity index (χ1n) is 7.54. The minimum absolute atomic E-state index is 0.234. The van der Waals surface area contributed by atoms with Crippen LogP contribution in [-0.4, -0.2) is 30.6 Å². The lowest BCUT2D eigenvalue weighted by Crippen LogP contribution is -2.12. The molecule has 0 radical (unpaired) electrons. The summed E-state index contributed by atoms with van der Waals surface area (Å²) in [4.78, 5) is 2.17. The number of hydrogen-bond donors (Lipinski definition) is 1. The topological polar surface area (TPSA) is 32.7 Å². The fourth-order valence-electron chi connectivity index (χ4n) is 2.75. The molecule has 22 heavy (non-hydrogen) atoms. The van der Waals surface area contributed by atoms with Crippen LogP contribution in [0.25, 0.3) is 5.57 Å². The number of ether oxygens (including phenoxy) is 1. The lowest BCUT2D eigenvalue weighted by molar-refractivity contribution is 0.305. The summed E-state index contributed by atoms with van der Waals surface area (Å²) >= 11 is 0. The third-order valence-electron chi connectivity index (χ3n) is 3.87. The molecule has 0 atom stereocenters. The van der Waals surface area contributed by atoms with E-state index in [1.165, 1.54) is 16.7 Å². The number of benzene rings is 2. The molecule has 114 valence electrons. The molecule has 0 saturated heterocycles. The van der Waals surface area contributed by atoms with Gasteiger partial charge in [0.25, 0.3) is 0 Å². The number of rotatable bonds is 3. The zero-order valence-corrected chi connectivity index (χ0v) is 13.0. The van der Waals surface area contributed by atoms with Crippen LogP contribution in [-0.2, 0) is 6.61 Å². The van der Waals surface area contributed by atoms with Gasteiger partial charge < -0.3 is 14.7 Å². The van der Waals surface area contributed by atoms with E-state index in [9.17, 15) is 5.11 Å². The predicted octanol–water partition coefficient (Wildman–Crippen LogP) is 3.67. The Balaban J connectivity index is 2.08. The van der Waals surface area contributed by atoms with Gasteiger partial charge in [-0.25, -0.2) is 0 Å². The summed E-state index contributed by atoms with van der Waals surface area (Å²) in [6.45, 7) is 1.53. The van der Waals surface area contributed by atoms with E-state index >= 15 is 0 Å². The quantitative estimate of drug-likeness (QED) is 0.938. The Kier molecular flexibility index (Phi) is 4.16. The first-order valence-corrected chi connectivity index (χ1v) is 7.54. The molecule has 0 spiro atoms. The zero-order chi connectivity index (χ0) is 15.5. The normalized spacial score (nSPS) is 15.1. The second-order valence-electron chi connectivity index (χ2n) is 5.84. The van der Waals surface area contributed by atoms with Crippen molar-refractivity contribution in [3.8, 4) is 11.5 Å². The molecule has 0 aliphatic carbocycles. The fourth-order valence-corrected chi connectivity index (χ4v) is 2.75. The average molecular weight is 295 g/mol. The van der Waals surface area contributed by atoms with E-state index in [-0.39, 0.29) is 5.75 Å². The van der Waals surface area contributed by atoms with Gasteiger partial charge in [-0.1, -0.05) is 30.3 Å². The van der Waals surface area contributed by atoms with Gasteiger partial charge in [0.05, 0.1) is 0 Å². The van der Waals surface area contributed by atoms with Gasteiger partial charge in [0, 0.05) is 18.2 Å². The van der Waals surface area contributed by atoms with Crippen molar-refractivity contribution in [2.45, 2.75) is 13.0 Å². The van der Waals surface area contributed by atoms with Gasteiger partial charge in [-0.2, -0.15) is 0 Å². The van der Waals surface area contributed by atoms with Crippen molar-refractivity contribution in [1.29, 1.82) is 0 Å². The van der Waals surface area contributed by atoms with E-state index in [2.05, 4.69) is 43.3 Å². The Morgan fingerprint density at radius 1 is 1.14 bits per heavy atom. The largest absolute Gasteiger partial charge is 0.508 e. The molecule has 3 nitrogen and oxygen atoms in total. The Bertz CT molecular complexity index is 704. The van der Waals surface area contributed by atoms with Crippen LogP contribution in [0.1, 0.15) is 23.1 Å². The summed E-state index contributed by atoms with van der Waals surface area (Å²) in [5.41, 5.74) is 4.62. The highest BCUT2D eigenvalue weighted by atomic mass is 16.5. The summed E-state index contributed by atoms with van der Waals surface area (Å²) in [7, 11) is 4.16. The molecule has 0 saturated carbocycles. The third kappa shape index (κ3) is 3.00. The van der Waals surface area contributed by atoms with Crippen LogP contribution in [0.5, 0.6) is 11.5 Å². The van der Waals surface area contributed by atoms with Crippen LogP contribution in [0.2, 0.25) is 0 Å². The lowest BCUT2D eigenvalue weighted by Gasteiger charge is -2.12. The highest BCUT2D eigenvalue weighted by Gasteiger charge is 2.19. The molecular formula is C19H21NO2. The molecule has 1 aliphatic heterocycles. The van der Waals surface area contributed by atoms with E-state index in [1.807, 2.05) is 12.1 Å². The number of aromatic hydroxyl groups is 1. The molecule has 1 N–H and O–H groups in total. The monoisotopic (exact) mass is 295 g/mol. The molecule has 0 fully saturated rings. The van der Waals surface area contributed by atoms with E-state index in [4.69, 9.17) is 4.74 Å². The minimum Gasteiger partial charge on any atom is -0.508 e. The van der Waals surface area contributed by atoms with Crippen LogP contribution in [0, 0.1) is 0 Å². The van der Waals surface area contributed by atoms with Crippen LogP contribution >= 0.6 is 0 Å². The summed E-state index contributed by atoms with van der Waals surface area (Å²) in [6.07, 6.45) is 3.24. The van der Waals surface area contributed by atoms with E-state index in [0.717, 1.165) is 24.3 Å². The molecule has 2 aromatic rings. The van der Waals surface area contributed by atoms with Gasteiger partial charge in [0.15, 0.2) is 0 Å². The van der Waals surface area contributed by atoms with Gasteiger partial charge in [0.2, 0.25) is 0 Å². The van der Waals surface area contributed by atoms with Crippen molar-refractivity contribution in [3.05, 3.63) is 65.2 Å². The first kappa shape index (κ1) is 14.7. The number of fused-ring (bicyclic) bond motifs is 2. The maximum absolute atomic E-state index is 9.73. The van der Waals surface area contributed by atoms with Gasteiger partial charge in [-0.3, -0.25) is 0 Å². The first-order chi connectivity index (χ1) is 10.6. The SMILES string of the molecule is CN(C)CCC=C1c2ccccc2COc2cc(O)ccc21. The molecule has 3 rings (SSSR count). The van der Waals surface area contributed by atoms with E-state index in [0.29, 0.717) is 6.61 Å². The molecule has 0 amide bonds. The van der Waals surface area contributed by atoms with E-state index in [1.54, 1.807) is 12.1 Å². The molecule has 2 aromatic carbocycles. The van der Waals surface area contributed by atoms with Crippen molar-refractivity contribution in [2.24, 2.45) is 0 Å². The highest BCUT2D eigenvalue weighted by molar-refractivity contribution is 5.85. The van der Waals surface area contributed by atoms with E-state index < -0.39 is 0 Å². The van der Waals surface area contributed by atoms with Crippen molar-refractivity contribution < 1.29 is 9.84 Å². The third-order valence-corrected chi connectivity index (χ3v) is 3.87. The van der Waals surface area contributed by atoms with Crippen molar-refractivity contribution in [2.75, 3.05) is 20.6 Å². The maximum Gasteiger partial charge on any atom is 0.131 e. The molecule has 0 aromatic heterocycles. The zero-order valence-electron chi connectivity index (χ0n) is 13.0. The summed E-state index contributed by atoms with van der Waals surface area (Å²) in [5, 5.41) is 9.73. The minimum atomic E-state index is 0.234. The highest BCUT2D eigenvalue weighted by Crippen LogP contribution is 2.38. The number of hydrogen-bond acceptors (Lipinski definition) is 3. The summed E-state index contributed by atoms with van der Waals surface area (Å²) in [5.74, 6) is 0.977. The molecular weight excluding hydrogens is 274 g/mol. The molecule has 1 aliphatic rings. The van der Waals surface area contributed by atoms with Crippen molar-refractivity contribution in [1.82, 2.24) is 4.90 Å². The summed E-state index contributed by atoms with van der Waals surface area (Å²) < 4.78 is 5.90. The molecule has 1 heterocycles. The van der Waals surface area contributed by atoms with Crippen LogP contribution in [0.4, 0.5) is 0 Å². The number of phenolic OH excluding ortho intramolecular Hbond substituents is 1. The van der Waals surface area contributed by atoms with Crippen LogP contribution in [0.3, 0.4) is 0 Å². The van der Waals surface area contributed by atoms with Crippen LogP contribution in [0.15, 0.2) is 48.5 Å².